The number of benzene rings is 1. The third kappa shape index (κ3) is 1.82. The van der Waals surface area contributed by atoms with Crippen LogP contribution < -0.4 is 4.90 Å². The summed E-state index contributed by atoms with van der Waals surface area (Å²) in [7, 11) is 0. The van der Waals surface area contributed by atoms with E-state index in [9.17, 15) is 0 Å². The summed E-state index contributed by atoms with van der Waals surface area (Å²) in [6.45, 7) is 3.08. The van der Waals surface area contributed by atoms with Gasteiger partial charge < -0.3 is 4.90 Å². The second kappa shape index (κ2) is 4.11. The second-order valence-electron chi connectivity index (χ2n) is 4.20. The fourth-order valence-corrected chi connectivity index (χ4v) is 2.48. The number of fused-ring (bicyclic) bond motifs is 1. The van der Waals surface area contributed by atoms with E-state index in [0.29, 0.717) is 6.04 Å². The zero-order valence-electron chi connectivity index (χ0n) is 9.47. The van der Waals surface area contributed by atoms with Gasteiger partial charge in [-0.1, -0.05) is 24.3 Å². The van der Waals surface area contributed by atoms with Crippen LogP contribution in [0.25, 0.3) is 0 Å². The minimum atomic E-state index is 0.340. The molecule has 3 nitrogen and oxygen atoms in total. The molecule has 0 saturated heterocycles. The lowest BCUT2D eigenvalue weighted by atomic mass is 10.1. The maximum absolute atomic E-state index is 4.36. The van der Waals surface area contributed by atoms with Crippen molar-refractivity contribution < 1.29 is 0 Å². The van der Waals surface area contributed by atoms with Gasteiger partial charge in [0.05, 0.1) is 10.5 Å². The van der Waals surface area contributed by atoms with Crippen LogP contribution in [0.1, 0.15) is 24.1 Å². The van der Waals surface area contributed by atoms with Crippen molar-refractivity contribution in [1.29, 1.82) is 0 Å². The summed E-state index contributed by atoms with van der Waals surface area (Å²) in [6, 6.07) is 8.86. The van der Waals surface area contributed by atoms with Crippen molar-refractivity contribution in [3.8, 4) is 0 Å². The van der Waals surface area contributed by atoms with E-state index in [-0.39, 0.29) is 0 Å². The molecule has 1 unspecified atom stereocenters. The maximum atomic E-state index is 4.36. The van der Waals surface area contributed by atoms with Crippen LogP contribution >= 0.6 is 15.9 Å². The first-order valence-electron chi connectivity index (χ1n) is 5.57. The van der Waals surface area contributed by atoms with Gasteiger partial charge >= 0.3 is 0 Å². The molecule has 1 aromatic carbocycles. The molecule has 2 aromatic rings. The molecule has 2 heterocycles. The predicted molar refractivity (Wildman–Crippen MR) is 70.8 cm³/mol. The number of halogens is 1. The van der Waals surface area contributed by atoms with Crippen molar-refractivity contribution in [2.24, 2.45) is 0 Å². The van der Waals surface area contributed by atoms with Gasteiger partial charge in [-0.2, -0.15) is 0 Å². The first-order valence-corrected chi connectivity index (χ1v) is 6.37. The summed E-state index contributed by atoms with van der Waals surface area (Å²) in [5, 5.41) is 0. The summed E-state index contributed by atoms with van der Waals surface area (Å²) >= 11 is 3.35. The summed E-state index contributed by atoms with van der Waals surface area (Å²) in [5.41, 5.74) is 2.74. The molecule has 0 bridgehead atoms. The molecular weight excluding hydrogens is 278 g/mol. The molecule has 17 heavy (non-hydrogen) atoms. The molecule has 4 heteroatoms. The van der Waals surface area contributed by atoms with E-state index in [2.05, 4.69) is 62.0 Å². The average Bonchev–Trinajstić information content (AvgIpc) is 2.69. The molecule has 0 N–H and O–H groups in total. The van der Waals surface area contributed by atoms with Crippen molar-refractivity contribution in [3.63, 3.8) is 0 Å². The van der Waals surface area contributed by atoms with E-state index in [1.165, 1.54) is 11.1 Å². The monoisotopic (exact) mass is 289 g/mol. The standard InChI is InChI=1S/C13H12BrN3/c1-9-12-5-3-2-4-10(12)8-17(9)13-15-6-11(14)7-16-13/h2-7,9H,8H2,1H3. The van der Waals surface area contributed by atoms with E-state index in [4.69, 9.17) is 0 Å². The van der Waals surface area contributed by atoms with E-state index >= 15 is 0 Å². The lowest BCUT2D eigenvalue weighted by Gasteiger charge is -2.21. The van der Waals surface area contributed by atoms with Crippen LogP contribution in [0.5, 0.6) is 0 Å². The molecule has 1 aliphatic heterocycles. The van der Waals surface area contributed by atoms with Crippen LogP contribution in [-0.2, 0) is 6.54 Å². The van der Waals surface area contributed by atoms with Crippen LogP contribution in [0.2, 0.25) is 0 Å². The van der Waals surface area contributed by atoms with Crippen LogP contribution in [0.3, 0.4) is 0 Å². The molecule has 1 aliphatic rings. The van der Waals surface area contributed by atoms with Gasteiger partial charge in [0.15, 0.2) is 0 Å². The predicted octanol–water partition coefficient (Wildman–Crippen LogP) is 3.32. The molecule has 0 saturated carbocycles. The fraction of sp³-hybridized carbons (Fsp3) is 0.231. The molecule has 1 atom stereocenters. The Morgan fingerprint density at radius 2 is 1.94 bits per heavy atom. The number of hydrogen-bond donors (Lipinski definition) is 0. The van der Waals surface area contributed by atoms with Gasteiger partial charge in [0, 0.05) is 18.9 Å². The van der Waals surface area contributed by atoms with Gasteiger partial charge in [-0.05, 0) is 34.0 Å². The largest absolute Gasteiger partial charge is 0.330 e. The van der Waals surface area contributed by atoms with Crippen molar-refractivity contribution in [3.05, 3.63) is 52.3 Å². The van der Waals surface area contributed by atoms with Gasteiger partial charge in [-0.3, -0.25) is 0 Å². The van der Waals surface area contributed by atoms with Gasteiger partial charge in [-0.25, -0.2) is 9.97 Å². The zero-order chi connectivity index (χ0) is 11.8. The Hall–Kier alpha value is -1.42. The zero-order valence-corrected chi connectivity index (χ0v) is 11.1. The number of rotatable bonds is 1. The highest BCUT2D eigenvalue weighted by Crippen LogP contribution is 2.35. The molecule has 0 radical (unpaired) electrons. The highest BCUT2D eigenvalue weighted by atomic mass is 79.9. The minimum absolute atomic E-state index is 0.340. The summed E-state index contributed by atoms with van der Waals surface area (Å²) < 4.78 is 0.908. The Balaban J connectivity index is 1.96. The molecule has 0 spiro atoms. The van der Waals surface area contributed by atoms with Gasteiger partial charge in [-0.15, -0.1) is 0 Å². The molecule has 0 amide bonds. The topological polar surface area (TPSA) is 29.0 Å². The van der Waals surface area contributed by atoms with E-state index < -0.39 is 0 Å². The maximum Gasteiger partial charge on any atom is 0.226 e. The van der Waals surface area contributed by atoms with Crippen LogP contribution in [0, 0.1) is 0 Å². The fourth-order valence-electron chi connectivity index (χ4n) is 2.27. The molecule has 0 aliphatic carbocycles. The SMILES string of the molecule is CC1c2ccccc2CN1c1ncc(Br)cn1. The second-order valence-corrected chi connectivity index (χ2v) is 5.12. The van der Waals surface area contributed by atoms with E-state index in [0.717, 1.165) is 17.0 Å². The summed E-state index contributed by atoms with van der Waals surface area (Å²) in [6.07, 6.45) is 3.58. The summed E-state index contributed by atoms with van der Waals surface area (Å²) in [5.74, 6) is 0.789. The highest BCUT2D eigenvalue weighted by Gasteiger charge is 2.27. The highest BCUT2D eigenvalue weighted by molar-refractivity contribution is 9.10. The Morgan fingerprint density at radius 1 is 1.24 bits per heavy atom. The van der Waals surface area contributed by atoms with E-state index in [1.807, 2.05) is 0 Å². The average molecular weight is 290 g/mol. The van der Waals surface area contributed by atoms with Crippen LogP contribution in [0.4, 0.5) is 5.95 Å². The normalized spacial score (nSPS) is 18.2. The Labute approximate surface area is 109 Å². The van der Waals surface area contributed by atoms with Crippen molar-refractivity contribution in [2.75, 3.05) is 4.90 Å². The third-order valence-electron chi connectivity index (χ3n) is 3.18. The first-order chi connectivity index (χ1) is 8.25. The molecule has 1 aromatic heterocycles. The first kappa shape index (κ1) is 10.7. The van der Waals surface area contributed by atoms with Gasteiger partial charge in [0.2, 0.25) is 5.95 Å². The van der Waals surface area contributed by atoms with Crippen molar-refractivity contribution in [2.45, 2.75) is 19.5 Å². The summed E-state index contributed by atoms with van der Waals surface area (Å²) in [4.78, 5) is 10.9. The lowest BCUT2D eigenvalue weighted by molar-refractivity contribution is 0.705. The quantitative estimate of drug-likeness (QED) is 0.806. The molecule has 86 valence electrons. The number of aromatic nitrogens is 2. The van der Waals surface area contributed by atoms with Gasteiger partial charge in [0.1, 0.15) is 0 Å². The van der Waals surface area contributed by atoms with Crippen molar-refractivity contribution in [1.82, 2.24) is 9.97 Å². The van der Waals surface area contributed by atoms with Crippen LogP contribution in [0.15, 0.2) is 41.1 Å². The lowest BCUT2D eigenvalue weighted by Crippen LogP contribution is -2.21. The Kier molecular flexibility index (Phi) is 2.59. The smallest absolute Gasteiger partial charge is 0.226 e. The molecular formula is C13H12BrN3. The Bertz CT molecular complexity index is 539. The number of hydrogen-bond acceptors (Lipinski definition) is 3. The molecule has 3 rings (SSSR count). The number of nitrogens with zero attached hydrogens (tertiary/aromatic N) is 3. The van der Waals surface area contributed by atoms with Crippen molar-refractivity contribution >= 4 is 21.9 Å². The minimum Gasteiger partial charge on any atom is -0.330 e. The third-order valence-corrected chi connectivity index (χ3v) is 3.59. The molecule has 0 fully saturated rings. The van der Waals surface area contributed by atoms with Gasteiger partial charge in [0.25, 0.3) is 0 Å². The Morgan fingerprint density at radius 3 is 2.65 bits per heavy atom. The van der Waals surface area contributed by atoms with E-state index in [1.54, 1.807) is 12.4 Å². The van der Waals surface area contributed by atoms with Crippen LogP contribution in [-0.4, -0.2) is 9.97 Å². The number of anilines is 1.